The third-order valence-corrected chi connectivity index (χ3v) is 2.27. The van der Waals surface area contributed by atoms with Crippen LogP contribution in [0.1, 0.15) is 34.1 Å². The van der Waals surface area contributed by atoms with Crippen LogP contribution < -0.4 is 5.32 Å². The van der Waals surface area contributed by atoms with Crippen molar-refractivity contribution in [1.29, 1.82) is 0 Å². The number of anilines is 1. The average Bonchev–Trinajstić information content (AvgIpc) is 2.51. The van der Waals surface area contributed by atoms with E-state index in [-0.39, 0.29) is 5.54 Å². The normalized spacial score (nSPS) is 11.7. The molecule has 0 aromatic carbocycles. The van der Waals surface area contributed by atoms with Crippen molar-refractivity contribution in [1.82, 2.24) is 15.0 Å². The minimum Gasteiger partial charge on any atom is -0.364 e. The lowest BCUT2D eigenvalue weighted by molar-refractivity contribution is 0.531. The molecule has 0 fully saturated rings. The van der Waals surface area contributed by atoms with Gasteiger partial charge in [-0.05, 0) is 27.2 Å². The Kier molecular flexibility index (Phi) is 2.90. The summed E-state index contributed by atoms with van der Waals surface area (Å²) in [6.45, 7) is 9.40. The van der Waals surface area contributed by atoms with Crippen LogP contribution in [0.25, 0.3) is 0 Å². The molecule has 0 aliphatic heterocycles. The molecule has 74 valence electrons. The molecular weight excluding hydrogens is 164 g/mol. The van der Waals surface area contributed by atoms with E-state index in [4.69, 9.17) is 0 Å². The summed E-state index contributed by atoms with van der Waals surface area (Å²) in [5, 5.41) is 11.2. The van der Waals surface area contributed by atoms with E-state index < -0.39 is 0 Å². The monoisotopic (exact) mass is 182 g/mol. The van der Waals surface area contributed by atoms with Gasteiger partial charge in [0.05, 0.1) is 6.20 Å². The minimum atomic E-state index is 0.106. The van der Waals surface area contributed by atoms with Crippen LogP contribution >= 0.6 is 0 Å². The zero-order valence-corrected chi connectivity index (χ0v) is 8.83. The van der Waals surface area contributed by atoms with Crippen LogP contribution in [-0.4, -0.2) is 20.5 Å². The Morgan fingerprint density at radius 1 is 1.46 bits per heavy atom. The molecule has 1 heterocycles. The molecule has 0 spiro atoms. The van der Waals surface area contributed by atoms with E-state index in [0.29, 0.717) is 0 Å². The number of hydrogen-bond donors (Lipinski definition) is 1. The van der Waals surface area contributed by atoms with Crippen LogP contribution in [0.5, 0.6) is 0 Å². The Labute approximate surface area is 79.3 Å². The van der Waals surface area contributed by atoms with E-state index in [2.05, 4.69) is 43.3 Å². The number of aromatic nitrogens is 3. The Balaban J connectivity index is 2.73. The summed E-state index contributed by atoms with van der Waals surface area (Å²) in [6.07, 6.45) is 2.84. The van der Waals surface area contributed by atoms with Gasteiger partial charge in [0.1, 0.15) is 5.82 Å². The number of hydrogen-bond acceptors (Lipinski definition) is 3. The lowest BCUT2D eigenvalue weighted by Gasteiger charge is -2.25. The van der Waals surface area contributed by atoms with Gasteiger partial charge < -0.3 is 5.32 Å². The van der Waals surface area contributed by atoms with Crippen LogP contribution in [0.15, 0.2) is 6.20 Å². The maximum atomic E-state index is 3.96. The first-order valence-electron chi connectivity index (χ1n) is 4.75. The van der Waals surface area contributed by atoms with Gasteiger partial charge >= 0.3 is 0 Å². The molecule has 4 nitrogen and oxygen atoms in total. The van der Waals surface area contributed by atoms with Gasteiger partial charge in [0.25, 0.3) is 0 Å². The molecule has 1 rings (SSSR count). The summed E-state index contributed by atoms with van der Waals surface area (Å²) in [4.78, 5) is 0. The largest absolute Gasteiger partial charge is 0.364 e. The van der Waals surface area contributed by atoms with E-state index >= 15 is 0 Å². The molecule has 4 heteroatoms. The average molecular weight is 182 g/mol. The zero-order chi connectivity index (χ0) is 9.90. The fraction of sp³-hybridized carbons (Fsp3) is 0.778. The Morgan fingerprint density at radius 3 is 2.69 bits per heavy atom. The van der Waals surface area contributed by atoms with Gasteiger partial charge in [-0.15, -0.1) is 5.10 Å². The maximum Gasteiger partial charge on any atom is 0.145 e. The number of rotatable bonds is 4. The molecule has 0 atom stereocenters. The van der Waals surface area contributed by atoms with Gasteiger partial charge in [-0.2, -0.15) is 0 Å². The molecule has 0 bridgehead atoms. The highest BCUT2D eigenvalue weighted by Gasteiger charge is 2.16. The maximum absolute atomic E-state index is 3.96. The molecule has 0 saturated carbocycles. The highest BCUT2D eigenvalue weighted by Crippen LogP contribution is 2.16. The molecule has 0 aliphatic carbocycles. The van der Waals surface area contributed by atoms with Gasteiger partial charge in [0.2, 0.25) is 0 Å². The molecule has 0 saturated heterocycles. The van der Waals surface area contributed by atoms with Crippen LogP contribution in [0, 0.1) is 0 Å². The molecule has 1 aromatic heterocycles. The first-order valence-corrected chi connectivity index (χ1v) is 4.75. The van der Waals surface area contributed by atoms with Crippen molar-refractivity contribution < 1.29 is 0 Å². The van der Waals surface area contributed by atoms with Crippen molar-refractivity contribution in [2.75, 3.05) is 5.32 Å². The summed E-state index contributed by atoms with van der Waals surface area (Å²) in [6, 6.07) is 0. The summed E-state index contributed by atoms with van der Waals surface area (Å²) in [7, 11) is 0. The van der Waals surface area contributed by atoms with E-state index in [1.807, 2.05) is 4.68 Å². The van der Waals surface area contributed by atoms with Crippen LogP contribution in [0.3, 0.4) is 0 Å². The molecule has 0 amide bonds. The van der Waals surface area contributed by atoms with Crippen molar-refractivity contribution in [3.63, 3.8) is 0 Å². The number of nitrogens with one attached hydrogen (secondary N) is 1. The SMILES string of the molecule is CCn1nncc1NC(C)(C)CC. The third-order valence-electron chi connectivity index (χ3n) is 2.27. The summed E-state index contributed by atoms with van der Waals surface area (Å²) < 4.78 is 1.86. The topological polar surface area (TPSA) is 42.7 Å². The van der Waals surface area contributed by atoms with Gasteiger partial charge in [-0.1, -0.05) is 12.1 Å². The van der Waals surface area contributed by atoms with Crippen molar-refractivity contribution in [3.8, 4) is 0 Å². The van der Waals surface area contributed by atoms with Crippen LogP contribution in [0.2, 0.25) is 0 Å². The van der Waals surface area contributed by atoms with Crippen LogP contribution in [0.4, 0.5) is 5.82 Å². The van der Waals surface area contributed by atoms with Crippen LogP contribution in [-0.2, 0) is 6.54 Å². The second-order valence-corrected chi connectivity index (χ2v) is 3.80. The highest BCUT2D eigenvalue weighted by molar-refractivity contribution is 5.34. The summed E-state index contributed by atoms with van der Waals surface area (Å²) >= 11 is 0. The van der Waals surface area contributed by atoms with E-state index in [0.717, 1.165) is 18.8 Å². The van der Waals surface area contributed by atoms with E-state index in [9.17, 15) is 0 Å². The Bertz CT molecular complexity index is 264. The molecule has 13 heavy (non-hydrogen) atoms. The second kappa shape index (κ2) is 3.77. The smallest absolute Gasteiger partial charge is 0.145 e. The molecular formula is C9H18N4. The predicted molar refractivity (Wildman–Crippen MR) is 53.7 cm³/mol. The Hall–Kier alpha value is -1.06. The first-order chi connectivity index (χ1) is 6.09. The van der Waals surface area contributed by atoms with Crippen molar-refractivity contribution >= 4 is 5.82 Å². The fourth-order valence-electron chi connectivity index (χ4n) is 1.02. The Morgan fingerprint density at radius 2 is 2.15 bits per heavy atom. The van der Waals surface area contributed by atoms with Gasteiger partial charge in [0, 0.05) is 12.1 Å². The number of aryl methyl sites for hydroxylation is 1. The number of nitrogens with zero attached hydrogens (tertiary/aromatic N) is 3. The lowest BCUT2D eigenvalue weighted by Crippen LogP contribution is -2.30. The quantitative estimate of drug-likeness (QED) is 0.773. The molecule has 1 aromatic rings. The predicted octanol–water partition coefficient (Wildman–Crippen LogP) is 1.90. The highest BCUT2D eigenvalue weighted by atomic mass is 15.5. The summed E-state index contributed by atoms with van der Waals surface area (Å²) in [5.41, 5.74) is 0.106. The first kappa shape index (κ1) is 10.0. The fourth-order valence-corrected chi connectivity index (χ4v) is 1.02. The standard InChI is InChI=1S/C9H18N4/c1-5-9(3,4)11-8-7-10-12-13(8)6-2/h7,11H,5-6H2,1-4H3. The lowest BCUT2D eigenvalue weighted by atomic mass is 10.0. The van der Waals surface area contributed by atoms with Crippen molar-refractivity contribution in [2.45, 2.75) is 46.2 Å². The summed E-state index contributed by atoms with van der Waals surface area (Å²) in [5.74, 6) is 0.995. The third kappa shape index (κ3) is 2.44. The van der Waals surface area contributed by atoms with Gasteiger partial charge in [-0.25, -0.2) is 4.68 Å². The van der Waals surface area contributed by atoms with Gasteiger partial charge in [-0.3, -0.25) is 0 Å². The molecule has 1 N–H and O–H groups in total. The van der Waals surface area contributed by atoms with E-state index in [1.54, 1.807) is 6.20 Å². The van der Waals surface area contributed by atoms with E-state index in [1.165, 1.54) is 0 Å². The van der Waals surface area contributed by atoms with Crippen molar-refractivity contribution in [3.05, 3.63) is 6.20 Å². The van der Waals surface area contributed by atoms with Gasteiger partial charge in [0.15, 0.2) is 0 Å². The molecule has 0 aliphatic rings. The second-order valence-electron chi connectivity index (χ2n) is 3.80. The van der Waals surface area contributed by atoms with Crippen molar-refractivity contribution in [2.24, 2.45) is 0 Å². The zero-order valence-electron chi connectivity index (χ0n) is 8.83. The minimum absolute atomic E-state index is 0.106. The molecule has 0 radical (unpaired) electrons. The molecule has 0 unspecified atom stereocenters.